The molecule has 1 atom stereocenters. The average Bonchev–Trinajstić information content (AvgIpc) is 2.43. The van der Waals surface area contributed by atoms with Crippen LogP contribution >= 0.6 is 0 Å². The summed E-state index contributed by atoms with van der Waals surface area (Å²) in [6, 6.07) is 0. The second-order valence-electron chi connectivity index (χ2n) is 4.75. The monoisotopic (exact) mass is 273 g/mol. The molecule has 0 saturated carbocycles. The Balaban J connectivity index is 3.69. The van der Waals surface area contributed by atoms with Crippen molar-refractivity contribution in [3.8, 4) is 0 Å². The van der Waals surface area contributed by atoms with E-state index in [0.29, 0.717) is 6.54 Å². The molecule has 0 aromatic heterocycles. The van der Waals surface area contributed by atoms with Gasteiger partial charge in [0.2, 0.25) is 0 Å². The zero-order chi connectivity index (χ0) is 14.3. The molecule has 0 aromatic carbocycles. The van der Waals surface area contributed by atoms with Gasteiger partial charge in [-0.15, -0.1) is 0 Å². The highest BCUT2D eigenvalue weighted by Crippen LogP contribution is 1.93. The van der Waals surface area contributed by atoms with Crippen molar-refractivity contribution < 1.29 is 9.84 Å². The van der Waals surface area contributed by atoms with Gasteiger partial charge >= 0.3 is 0 Å². The number of rotatable bonds is 11. The molecule has 3 N–H and O–H groups in total. The Morgan fingerprint density at radius 1 is 1.21 bits per heavy atom. The molecule has 1 unspecified atom stereocenters. The molecule has 5 heteroatoms. The summed E-state index contributed by atoms with van der Waals surface area (Å²) in [5, 5.41) is 15.4. The van der Waals surface area contributed by atoms with Crippen LogP contribution in [-0.4, -0.2) is 50.5 Å². The van der Waals surface area contributed by atoms with E-state index in [4.69, 9.17) is 9.84 Å². The highest BCUT2D eigenvalue weighted by Gasteiger charge is 2.00. The van der Waals surface area contributed by atoms with Gasteiger partial charge in [0.05, 0.1) is 0 Å². The van der Waals surface area contributed by atoms with Gasteiger partial charge in [-0.25, -0.2) is 0 Å². The number of nitrogens with zero attached hydrogens (tertiary/aromatic N) is 1. The van der Waals surface area contributed by atoms with E-state index in [9.17, 15) is 0 Å². The molecule has 19 heavy (non-hydrogen) atoms. The van der Waals surface area contributed by atoms with E-state index < -0.39 is 0 Å². The average molecular weight is 273 g/mol. The van der Waals surface area contributed by atoms with Crippen molar-refractivity contribution in [3.63, 3.8) is 0 Å². The Labute approximate surface area is 117 Å². The van der Waals surface area contributed by atoms with Gasteiger partial charge in [0.15, 0.2) is 5.96 Å². The predicted octanol–water partition coefficient (Wildman–Crippen LogP) is 1.38. The molecular formula is C14H31N3O2. The van der Waals surface area contributed by atoms with Crippen molar-refractivity contribution in [2.24, 2.45) is 10.9 Å². The number of unbranched alkanes of at least 4 members (excludes halogenated alkanes) is 1. The Bertz CT molecular complexity index is 223. The lowest BCUT2D eigenvalue weighted by molar-refractivity contribution is 0.129. The van der Waals surface area contributed by atoms with Gasteiger partial charge < -0.3 is 20.5 Å². The van der Waals surface area contributed by atoms with Gasteiger partial charge in [0, 0.05) is 39.5 Å². The van der Waals surface area contributed by atoms with Crippen LogP contribution in [0.1, 0.15) is 40.0 Å². The summed E-state index contributed by atoms with van der Waals surface area (Å²) in [5.74, 6) is 1.02. The van der Waals surface area contributed by atoms with Crippen LogP contribution in [0.2, 0.25) is 0 Å². The molecule has 0 aliphatic carbocycles. The van der Waals surface area contributed by atoms with Crippen LogP contribution in [0.15, 0.2) is 4.99 Å². The standard InChI is InChI=1S/C14H31N3O2/c1-4-6-9-19-10-7-8-16-14(15-5-2)17-11-13(3)12-18/h13,18H,4-12H2,1-3H3,(H2,15,16,17). The van der Waals surface area contributed by atoms with Crippen LogP contribution in [0.25, 0.3) is 0 Å². The van der Waals surface area contributed by atoms with E-state index in [1.165, 1.54) is 6.42 Å². The number of nitrogens with one attached hydrogen (secondary N) is 2. The van der Waals surface area contributed by atoms with Crippen molar-refractivity contribution >= 4 is 5.96 Å². The van der Waals surface area contributed by atoms with Gasteiger partial charge in [0.25, 0.3) is 0 Å². The number of hydrogen-bond donors (Lipinski definition) is 3. The van der Waals surface area contributed by atoms with Crippen LogP contribution in [0, 0.1) is 5.92 Å². The van der Waals surface area contributed by atoms with Gasteiger partial charge in [-0.2, -0.15) is 0 Å². The molecule has 0 rings (SSSR count). The van der Waals surface area contributed by atoms with Crippen molar-refractivity contribution in [1.29, 1.82) is 0 Å². The minimum atomic E-state index is 0.175. The molecule has 0 aliphatic heterocycles. The minimum Gasteiger partial charge on any atom is -0.396 e. The molecule has 0 fully saturated rings. The molecule has 5 nitrogen and oxygen atoms in total. The van der Waals surface area contributed by atoms with Crippen molar-refractivity contribution in [2.75, 3.05) is 39.5 Å². The molecule has 0 radical (unpaired) electrons. The summed E-state index contributed by atoms with van der Waals surface area (Å²) in [5.41, 5.74) is 0. The molecule has 0 heterocycles. The number of hydrogen-bond acceptors (Lipinski definition) is 3. The van der Waals surface area contributed by atoms with Gasteiger partial charge in [-0.05, 0) is 25.7 Å². The van der Waals surface area contributed by atoms with E-state index in [1.807, 2.05) is 13.8 Å². The van der Waals surface area contributed by atoms with Crippen LogP contribution in [0.4, 0.5) is 0 Å². The zero-order valence-corrected chi connectivity index (χ0v) is 12.7. The lowest BCUT2D eigenvalue weighted by atomic mass is 10.2. The number of aliphatic imine (C=N–C) groups is 1. The first-order valence-electron chi connectivity index (χ1n) is 7.45. The van der Waals surface area contributed by atoms with E-state index >= 15 is 0 Å². The molecule has 0 aromatic rings. The number of aliphatic hydroxyl groups is 1. The molecule has 0 amide bonds. The lowest BCUT2D eigenvalue weighted by Gasteiger charge is -2.12. The summed E-state index contributed by atoms with van der Waals surface area (Å²) in [7, 11) is 0. The smallest absolute Gasteiger partial charge is 0.191 e. The van der Waals surface area contributed by atoms with Crippen LogP contribution in [-0.2, 0) is 4.74 Å². The molecular weight excluding hydrogens is 242 g/mol. The second kappa shape index (κ2) is 13.6. The molecule has 114 valence electrons. The molecule has 0 spiro atoms. The number of aliphatic hydroxyl groups excluding tert-OH is 1. The lowest BCUT2D eigenvalue weighted by Crippen LogP contribution is -2.38. The third-order valence-electron chi connectivity index (χ3n) is 2.62. The Hall–Kier alpha value is -0.810. The fourth-order valence-corrected chi connectivity index (χ4v) is 1.38. The Kier molecular flexibility index (Phi) is 13.0. The molecule has 0 saturated heterocycles. The van der Waals surface area contributed by atoms with Crippen molar-refractivity contribution in [3.05, 3.63) is 0 Å². The van der Waals surface area contributed by atoms with E-state index in [-0.39, 0.29) is 12.5 Å². The van der Waals surface area contributed by atoms with Gasteiger partial charge in [0.1, 0.15) is 0 Å². The predicted molar refractivity (Wildman–Crippen MR) is 80.6 cm³/mol. The summed E-state index contributed by atoms with van der Waals surface area (Å²) in [4.78, 5) is 4.43. The van der Waals surface area contributed by atoms with Gasteiger partial charge in [-0.1, -0.05) is 20.3 Å². The van der Waals surface area contributed by atoms with Gasteiger partial charge in [-0.3, -0.25) is 4.99 Å². The zero-order valence-electron chi connectivity index (χ0n) is 12.7. The summed E-state index contributed by atoms with van der Waals surface area (Å²) in [6.07, 6.45) is 3.29. The first-order chi connectivity index (χ1) is 9.24. The minimum absolute atomic E-state index is 0.175. The fourth-order valence-electron chi connectivity index (χ4n) is 1.38. The third kappa shape index (κ3) is 12.0. The number of guanidine groups is 1. The topological polar surface area (TPSA) is 65.9 Å². The van der Waals surface area contributed by atoms with E-state index in [2.05, 4.69) is 22.5 Å². The first kappa shape index (κ1) is 18.2. The molecule has 0 aliphatic rings. The Morgan fingerprint density at radius 3 is 2.58 bits per heavy atom. The maximum absolute atomic E-state index is 8.97. The first-order valence-corrected chi connectivity index (χ1v) is 7.45. The highest BCUT2D eigenvalue weighted by molar-refractivity contribution is 5.79. The number of ether oxygens (including phenoxy) is 1. The molecule has 0 bridgehead atoms. The maximum atomic E-state index is 8.97. The van der Waals surface area contributed by atoms with Crippen LogP contribution < -0.4 is 10.6 Å². The normalized spacial score (nSPS) is 13.4. The summed E-state index contributed by atoms with van der Waals surface area (Å²) >= 11 is 0. The van der Waals surface area contributed by atoms with Crippen molar-refractivity contribution in [2.45, 2.75) is 40.0 Å². The SMILES string of the molecule is CCCCOCCCNC(=NCC(C)CO)NCC. The highest BCUT2D eigenvalue weighted by atomic mass is 16.5. The fraction of sp³-hybridized carbons (Fsp3) is 0.929. The van der Waals surface area contributed by atoms with Crippen LogP contribution in [0.5, 0.6) is 0 Å². The van der Waals surface area contributed by atoms with Crippen LogP contribution in [0.3, 0.4) is 0 Å². The Morgan fingerprint density at radius 2 is 1.95 bits per heavy atom. The maximum Gasteiger partial charge on any atom is 0.191 e. The third-order valence-corrected chi connectivity index (χ3v) is 2.62. The van der Waals surface area contributed by atoms with E-state index in [1.54, 1.807) is 0 Å². The summed E-state index contributed by atoms with van der Waals surface area (Å²) in [6.45, 7) is 10.3. The second-order valence-corrected chi connectivity index (χ2v) is 4.75. The van der Waals surface area contributed by atoms with Crippen molar-refractivity contribution in [1.82, 2.24) is 10.6 Å². The summed E-state index contributed by atoms with van der Waals surface area (Å²) < 4.78 is 5.50. The largest absolute Gasteiger partial charge is 0.396 e. The quantitative estimate of drug-likeness (QED) is 0.302. The van der Waals surface area contributed by atoms with E-state index in [0.717, 1.165) is 45.1 Å².